The van der Waals surface area contributed by atoms with Gasteiger partial charge < -0.3 is 25.2 Å². The summed E-state index contributed by atoms with van der Waals surface area (Å²) >= 11 is 0. The number of benzene rings is 1. The fourth-order valence-corrected chi connectivity index (χ4v) is 4.85. The fourth-order valence-electron chi connectivity index (χ4n) is 4.85. The number of fused-ring (bicyclic) bond motifs is 1. The van der Waals surface area contributed by atoms with Gasteiger partial charge in [-0.15, -0.1) is 6.42 Å². The van der Waals surface area contributed by atoms with Crippen LogP contribution in [-0.2, 0) is 20.9 Å². The molecule has 3 rings (SSSR count). The predicted octanol–water partition coefficient (Wildman–Crippen LogP) is 1.78. The van der Waals surface area contributed by atoms with Gasteiger partial charge in [0.1, 0.15) is 18.8 Å². The van der Waals surface area contributed by atoms with Gasteiger partial charge >= 0.3 is 12.1 Å². The Bertz CT molecular complexity index is 1070. The number of carbonyl (C=O) groups is 4. The Labute approximate surface area is 230 Å². The third-order valence-corrected chi connectivity index (χ3v) is 6.44. The Hall–Kier alpha value is -4.04. The van der Waals surface area contributed by atoms with E-state index >= 15 is 0 Å². The molecule has 2 saturated heterocycles. The molecule has 2 fully saturated rings. The monoisotopic (exact) mass is 538 g/mol. The van der Waals surface area contributed by atoms with Crippen molar-refractivity contribution in [1.82, 2.24) is 30.5 Å². The molecule has 0 saturated carbocycles. The van der Waals surface area contributed by atoms with E-state index in [2.05, 4.69) is 23.1 Å². The minimum atomic E-state index is -0.779. The first-order chi connectivity index (χ1) is 18.8. The van der Waals surface area contributed by atoms with Gasteiger partial charge in [0.25, 0.3) is 0 Å². The van der Waals surface area contributed by atoms with Crippen molar-refractivity contribution < 1.29 is 23.9 Å². The average molecular weight is 539 g/mol. The predicted molar refractivity (Wildman–Crippen MR) is 146 cm³/mol. The number of piperazine rings is 1. The van der Waals surface area contributed by atoms with Crippen LogP contribution >= 0.6 is 0 Å². The van der Waals surface area contributed by atoms with E-state index in [9.17, 15) is 19.2 Å². The molecule has 210 valence electrons. The molecule has 0 radical (unpaired) electrons. The zero-order valence-corrected chi connectivity index (χ0v) is 22.7. The van der Waals surface area contributed by atoms with Gasteiger partial charge in [-0.3, -0.25) is 9.59 Å². The fraction of sp³-hybridized carbons (Fsp3) is 0.500. The van der Waals surface area contributed by atoms with Crippen LogP contribution in [0.15, 0.2) is 43.0 Å². The minimum Gasteiger partial charge on any atom is -0.445 e. The molecule has 2 N–H and O–H groups in total. The van der Waals surface area contributed by atoms with E-state index in [0.29, 0.717) is 25.9 Å². The molecule has 1 aromatic carbocycles. The van der Waals surface area contributed by atoms with Crippen molar-refractivity contribution in [2.24, 2.45) is 5.92 Å². The first-order valence-corrected chi connectivity index (χ1v) is 13.2. The summed E-state index contributed by atoms with van der Waals surface area (Å²) in [5, 5.41) is 8.62. The van der Waals surface area contributed by atoms with E-state index in [1.165, 1.54) is 16.0 Å². The number of nitrogens with one attached hydrogen (secondary N) is 2. The molecular formula is C28H38N6O5. The number of alkyl carbamates (subject to hydrolysis) is 1. The molecule has 0 aliphatic carbocycles. The summed E-state index contributed by atoms with van der Waals surface area (Å²) in [7, 11) is 0. The maximum atomic E-state index is 13.6. The van der Waals surface area contributed by atoms with Crippen molar-refractivity contribution in [3.63, 3.8) is 0 Å². The molecule has 0 aromatic heterocycles. The maximum Gasteiger partial charge on any atom is 0.407 e. The number of rotatable bonds is 11. The maximum absolute atomic E-state index is 13.6. The van der Waals surface area contributed by atoms with Gasteiger partial charge in [0.15, 0.2) is 0 Å². The second-order valence-electron chi connectivity index (χ2n) is 9.91. The quantitative estimate of drug-likeness (QED) is 0.252. The van der Waals surface area contributed by atoms with Gasteiger partial charge in [-0.05, 0) is 24.3 Å². The lowest BCUT2D eigenvalue weighted by Gasteiger charge is -2.55. The molecule has 2 aliphatic heterocycles. The van der Waals surface area contributed by atoms with Crippen molar-refractivity contribution in [3.05, 3.63) is 48.6 Å². The van der Waals surface area contributed by atoms with Crippen LogP contribution in [0.1, 0.15) is 32.3 Å². The van der Waals surface area contributed by atoms with Crippen LogP contribution in [0, 0.1) is 18.3 Å². The lowest BCUT2D eigenvalue weighted by atomic mass is 10.0. The molecule has 11 heteroatoms. The van der Waals surface area contributed by atoms with E-state index in [-0.39, 0.29) is 50.5 Å². The lowest BCUT2D eigenvalue weighted by molar-refractivity contribution is -0.189. The number of terminal acetylenes is 1. The van der Waals surface area contributed by atoms with Crippen molar-refractivity contribution in [3.8, 4) is 12.3 Å². The molecular weight excluding hydrogens is 500 g/mol. The second-order valence-corrected chi connectivity index (χ2v) is 9.91. The Balaban J connectivity index is 1.82. The van der Waals surface area contributed by atoms with Crippen LogP contribution in [0.5, 0.6) is 0 Å². The number of nitrogens with zero attached hydrogens (tertiary/aromatic N) is 4. The van der Waals surface area contributed by atoms with Gasteiger partial charge in [0.2, 0.25) is 11.8 Å². The molecule has 2 atom stereocenters. The third-order valence-electron chi connectivity index (χ3n) is 6.44. The van der Waals surface area contributed by atoms with Crippen molar-refractivity contribution >= 4 is 23.9 Å². The number of carbonyl (C=O) groups excluding carboxylic acids is 4. The molecule has 11 nitrogen and oxygen atoms in total. The van der Waals surface area contributed by atoms with Crippen LogP contribution in [0.2, 0.25) is 0 Å². The summed E-state index contributed by atoms with van der Waals surface area (Å²) in [6.45, 7) is 8.77. The molecule has 0 spiro atoms. The zero-order chi connectivity index (χ0) is 28.4. The summed E-state index contributed by atoms with van der Waals surface area (Å²) < 4.78 is 4.92. The van der Waals surface area contributed by atoms with Crippen LogP contribution in [0.3, 0.4) is 0 Å². The Morgan fingerprint density at radius 2 is 1.97 bits per heavy atom. The van der Waals surface area contributed by atoms with E-state index in [1.807, 2.05) is 44.2 Å². The summed E-state index contributed by atoms with van der Waals surface area (Å²) in [4.78, 5) is 55.5. The lowest BCUT2D eigenvalue weighted by Crippen LogP contribution is -2.76. The molecule has 0 unspecified atom stereocenters. The van der Waals surface area contributed by atoms with Gasteiger partial charge in [0, 0.05) is 19.6 Å². The highest BCUT2D eigenvalue weighted by Crippen LogP contribution is 2.29. The Kier molecular flexibility index (Phi) is 10.8. The first kappa shape index (κ1) is 29.5. The van der Waals surface area contributed by atoms with E-state index in [0.717, 1.165) is 5.56 Å². The number of ether oxygens (including phenoxy) is 1. The van der Waals surface area contributed by atoms with E-state index in [1.54, 1.807) is 9.91 Å². The molecule has 1 aromatic rings. The summed E-state index contributed by atoms with van der Waals surface area (Å²) in [6, 6.07) is 8.32. The van der Waals surface area contributed by atoms with Gasteiger partial charge in [0.05, 0.1) is 19.6 Å². The average Bonchev–Trinajstić information content (AvgIpc) is 2.90. The van der Waals surface area contributed by atoms with Crippen LogP contribution in [-0.4, -0.2) is 95.3 Å². The number of urea groups is 1. The van der Waals surface area contributed by atoms with E-state index < -0.39 is 24.3 Å². The minimum absolute atomic E-state index is 0.0639. The normalized spacial score (nSPS) is 19.4. The highest BCUT2D eigenvalue weighted by molar-refractivity contribution is 5.91. The molecule has 2 heterocycles. The third kappa shape index (κ3) is 7.74. The Morgan fingerprint density at radius 1 is 1.23 bits per heavy atom. The number of hydrogen-bond donors (Lipinski definition) is 2. The van der Waals surface area contributed by atoms with Crippen molar-refractivity contribution in [2.45, 2.75) is 45.4 Å². The van der Waals surface area contributed by atoms with Crippen molar-refractivity contribution in [2.75, 3.05) is 39.3 Å². The van der Waals surface area contributed by atoms with Crippen LogP contribution in [0.4, 0.5) is 9.59 Å². The smallest absolute Gasteiger partial charge is 0.407 e. The molecule has 2 aliphatic rings. The number of hydrazine groups is 1. The van der Waals surface area contributed by atoms with E-state index in [4.69, 9.17) is 11.2 Å². The first-order valence-electron chi connectivity index (χ1n) is 13.2. The molecule has 0 bridgehead atoms. The highest BCUT2D eigenvalue weighted by atomic mass is 16.5. The molecule has 39 heavy (non-hydrogen) atoms. The zero-order valence-electron chi connectivity index (χ0n) is 22.7. The summed E-state index contributed by atoms with van der Waals surface area (Å²) in [6.07, 6.45) is 6.50. The van der Waals surface area contributed by atoms with Crippen LogP contribution in [0.25, 0.3) is 0 Å². The second kappa shape index (κ2) is 14.2. The van der Waals surface area contributed by atoms with Gasteiger partial charge in [-0.25, -0.2) is 14.6 Å². The summed E-state index contributed by atoms with van der Waals surface area (Å²) in [5.41, 5.74) is 0.927. The largest absolute Gasteiger partial charge is 0.445 e. The van der Waals surface area contributed by atoms with Gasteiger partial charge in [-0.2, -0.15) is 5.01 Å². The Morgan fingerprint density at radius 3 is 2.64 bits per heavy atom. The van der Waals surface area contributed by atoms with Crippen LogP contribution < -0.4 is 10.6 Å². The number of hydrogen-bond acceptors (Lipinski definition) is 6. The standard InChI is InChI=1S/C28H38N6O5/c1-5-15-32-20-25(35)33-23(13-10-14-29-28(38)39-16-6-2)26(36)31(18-21(3)4)19-24(33)34(32)27(37)30-17-22-11-8-7-9-12-22/h1,6-9,11-12,21,23-24H,2,10,13-20H2,3-4H3,(H,29,38)(H,30,37)/t23-,24-/m0/s1. The molecule has 5 amide bonds. The SMILES string of the molecule is C#CCN1CC(=O)N2[C@@H](CCCNC(=O)OCC=C)C(=O)N(CC(C)C)C[C@@H]2N1C(=O)NCc1ccccc1. The highest BCUT2D eigenvalue weighted by Gasteiger charge is 2.51. The van der Waals surface area contributed by atoms with Crippen molar-refractivity contribution in [1.29, 1.82) is 0 Å². The number of amides is 5. The summed E-state index contributed by atoms with van der Waals surface area (Å²) in [5.74, 6) is 2.28. The van der Waals surface area contributed by atoms with Gasteiger partial charge in [-0.1, -0.05) is 62.8 Å². The topological polar surface area (TPSA) is 115 Å².